The number of hydrogen-bond acceptors (Lipinski definition) is 21. The first kappa shape index (κ1) is 44.1. The molecular formula is C36H38O21. The zero-order chi connectivity index (χ0) is 41.7. The lowest BCUT2D eigenvalue weighted by Gasteiger charge is -2.16. The number of ether oxygens (including phenoxy) is 9. The Morgan fingerprint density at radius 3 is 1.04 bits per heavy atom. The third-order valence-electron chi connectivity index (χ3n) is 7.36. The van der Waals surface area contributed by atoms with E-state index >= 15 is 0 Å². The largest absolute Gasteiger partial charge is 0.549 e. The van der Waals surface area contributed by atoms with Crippen molar-refractivity contribution in [2.45, 2.75) is 12.8 Å². The summed E-state index contributed by atoms with van der Waals surface area (Å²) in [7, 11) is 8.04. The van der Waals surface area contributed by atoms with Crippen LogP contribution in [0.1, 0.15) is 43.9 Å². The van der Waals surface area contributed by atoms with Gasteiger partial charge in [0.05, 0.1) is 62.5 Å². The van der Waals surface area contributed by atoms with E-state index in [0.29, 0.717) is 11.5 Å². The van der Waals surface area contributed by atoms with Crippen LogP contribution in [0.2, 0.25) is 0 Å². The van der Waals surface area contributed by atoms with E-state index in [2.05, 4.69) is 29.3 Å². The summed E-state index contributed by atoms with van der Waals surface area (Å²) in [6, 6.07) is 12.8. The second kappa shape index (κ2) is 22.8. The highest BCUT2D eigenvalue weighted by atomic mass is 17.2. The maximum absolute atomic E-state index is 12.5. The van der Waals surface area contributed by atoms with Gasteiger partial charge in [0.1, 0.15) is 51.2 Å². The van der Waals surface area contributed by atoms with Crippen molar-refractivity contribution in [1.82, 2.24) is 0 Å². The maximum atomic E-state index is 12.5. The Morgan fingerprint density at radius 1 is 0.421 bits per heavy atom. The standard InChI is InChI=1S/C36H38O21/c1-43-22-7-10-28(46-4)25(17-22)31(37)52-55-34(40)49-15-13-21(20-51-36(42)57-54-33(39)27-19-24(45-3)9-12-30(27)48-6)14-16-50-35(41)56-53-32(38)26-18-23(44-2)8-11-29(26)47-5/h7-12,17-19,21H,13-16,20H2,1-6H3. The molecule has 57 heavy (non-hydrogen) atoms. The van der Waals surface area contributed by atoms with E-state index in [1.165, 1.54) is 97.3 Å². The summed E-state index contributed by atoms with van der Waals surface area (Å²) in [6.07, 6.45) is -4.44. The first-order chi connectivity index (χ1) is 27.5. The molecule has 3 rings (SSSR count). The van der Waals surface area contributed by atoms with Crippen LogP contribution in [0.15, 0.2) is 54.6 Å². The smallest absolute Gasteiger partial charge is 0.497 e. The SMILES string of the molecule is COc1ccc(OC)c(C(=O)OOC(=O)OCCC(CCOC(=O)OOC(=O)c2cc(OC)ccc2OC)COC(=O)OOC(=O)c2cc(OC)ccc2OC)c1. The van der Waals surface area contributed by atoms with Crippen molar-refractivity contribution in [3.8, 4) is 34.5 Å². The van der Waals surface area contributed by atoms with E-state index in [0.717, 1.165) is 0 Å². The minimum absolute atomic E-state index is 0.0795. The topological polar surface area (TPSA) is 241 Å². The molecule has 0 aliphatic rings. The third-order valence-corrected chi connectivity index (χ3v) is 7.36. The van der Waals surface area contributed by atoms with Gasteiger partial charge in [0.25, 0.3) is 0 Å². The molecule has 0 unspecified atom stereocenters. The minimum Gasteiger partial charge on any atom is -0.497 e. The predicted octanol–water partition coefficient (Wildman–Crippen LogP) is 5.21. The van der Waals surface area contributed by atoms with Crippen LogP contribution in [0, 0.1) is 5.92 Å². The first-order valence-electron chi connectivity index (χ1n) is 16.3. The number of benzene rings is 3. The monoisotopic (exact) mass is 806 g/mol. The van der Waals surface area contributed by atoms with E-state index in [4.69, 9.17) is 42.6 Å². The van der Waals surface area contributed by atoms with E-state index in [1.54, 1.807) is 0 Å². The Balaban J connectivity index is 1.55. The molecule has 21 nitrogen and oxygen atoms in total. The molecule has 308 valence electrons. The van der Waals surface area contributed by atoms with Crippen molar-refractivity contribution in [3.63, 3.8) is 0 Å². The summed E-state index contributed by atoms with van der Waals surface area (Å²) in [6.45, 7) is -1.28. The van der Waals surface area contributed by atoms with Crippen LogP contribution in [0.5, 0.6) is 34.5 Å². The van der Waals surface area contributed by atoms with Gasteiger partial charge in [-0.3, -0.25) is 0 Å². The number of carbonyl (C=O) groups is 6. The van der Waals surface area contributed by atoms with E-state index < -0.39 is 62.1 Å². The quantitative estimate of drug-likeness (QED) is 0.0735. The zero-order valence-electron chi connectivity index (χ0n) is 31.4. The van der Waals surface area contributed by atoms with Crippen molar-refractivity contribution < 1.29 is 101 Å². The Kier molecular flexibility index (Phi) is 17.6. The molecule has 0 fully saturated rings. The second-order valence-electron chi connectivity index (χ2n) is 10.8. The normalized spacial score (nSPS) is 10.2. The highest BCUT2D eigenvalue weighted by Crippen LogP contribution is 2.27. The van der Waals surface area contributed by atoms with Crippen LogP contribution in [-0.4, -0.2) is 98.9 Å². The highest BCUT2D eigenvalue weighted by Gasteiger charge is 2.23. The van der Waals surface area contributed by atoms with E-state index in [1.807, 2.05) is 0 Å². The molecule has 0 saturated carbocycles. The molecule has 3 aromatic carbocycles. The summed E-state index contributed by atoms with van der Waals surface area (Å²) in [5, 5.41) is 0. The Hall–Kier alpha value is -7.32. The first-order valence-corrected chi connectivity index (χ1v) is 16.3. The van der Waals surface area contributed by atoms with Crippen LogP contribution in [0.4, 0.5) is 14.4 Å². The molecule has 0 radical (unpaired) electrons. The van der Waals surface area contributed by atoms with Crippen LogP contribution < -0.4 is 28.4 Å². The minimum atomic E-state index is -1.45. The van der Waals surface area contributed by atoms with Crippen LogP contribution in [0.3, 0.4) is 0 Å². The summed E-state index contributed by atoms with van der Waals surface area (Å²) < 4.78 is 45.4. The molecule has 0 aliphatic carbocycles. The van der Waals surface area contributed by atoms with Crippen molar-refractivity contribution >= 4 is 36.4 Å². The molecule has 0 saturated heterocycles. The number of methoxy groups -OCH3 is 6. The van der Waals surface area contributed by atoms with Crippen molar-refractivity contribution in [3.05, 3.63) is 71.3 Å². The molecule has 0 amide bonds. The average molecular weight is 807 g/mol. The molecule has 0 N–H and O–H groups in total. The second-order valence-corrected chi connectivity index (χ2v) is 10.8. The van der Waals surface area contributed by atoms with Gasteiger partial charge in [0.2, 0.25) is 0 Å². The highest BCUT2D eigenvalue weighted by molar-refractivity contribution is 5.94. The maximum Gasteiger partial charge on any atom is 0.549 e. The number of hydrogen-bond donors (Lipinski definition) is 0. The van der Waals surface area contributed by atoms with Gasteiger partial charge in [0.15, 0.2) is 0 Å². The van der Waals surface area contributed by atoms with E-state index in [-0.39, 0.29) is 52.5 Å². The van der Waals surface area contributed by atoms with Gasteiger partial charge in [-0.15, -0.1) is 0 Å². The lowest BCUT2D eigenvalue weighted by Crippen LogP contribution is -2.22. The summed E-state index contributed by atoms with van der Waals surface area (Å²) in [5.41, 5.74) is -0.358. The van der Waals surface area contributed by atoms with Crippen molar-refractivity contribution in [2.75, 3.05) is 62.5 Å². The fraction of sp³-hybridized carbons (Fsp3) is 0.333. The molecule has 0 aliphatic heterocycles. The fourth-order valence-electron chi connectivity index (χ4n) is 4.46. The van der Waals surface area contributed by atoms with Gasteiger partial charge in [-0.25, -0.2) is 43.7 Å². The average Bonchev–Trinajstić information content (AvgIpc) is 3.24. The molecule has 0 atom stereocenters. The predicted molar refractivity (Wildman–Crippen MR) is 185 cm³/mol. The fourth-order valence-corrected chi connectivity index (χ4v) is 4.46. The molecular weight excluding hydrogens is 768 g/mol. The Labute approximate surface area is 324 Å². The summed E-state index contributed by atoms with van der Waals surface area (Å²) in [5.74, 6) is -2.88. The number of rotatable bonds is 17. The van der Waals surface area contributed by atoms with Crippen LogP contribution in [-0.2, 0) is 43.5 Å². The van der Waals surface area contributed by atoms with Gasteiger partial charge in [-0.2, -0.15) is 14.4 Å². The lowest BCUT2D eigenvalue weighted by atomic mass is 10.0. The van der Waals surface area contributed by atoms with Gasteiger partial charge in [0, 0.05) is 0 Å². The molecule has 0 bridgehead atoms. The molecule has 3 aromatic rings. The summed E-state index contributed by atoms with van der Waals surface area (Å²) in [4.78, 5) is 101. The molecule has 21 heteroatoms. The van der Waals surface area contributed by atoms with Crippen molar-refractivity contribution in [2.24, 2.45) is 5.92 Å². The Bertz CT molecular complexity index is 1770. The third kappa shape index (κ3) is 13.8. The van der Waals surface area contributed by atoms with Gasteiger partial charge in [-0.05, 0) is 73.4 Å². The number of carbonyl (C=O) groups excluding carboxylic acids is 6. The summed E-state index contributed by atoms with van der Waals surface area (Å²) >= 11 is 0. The lowest BCUT2D eigenvalue weighted by molar-refractivity contribution is -0.206. The Morgan fingerprint density at radius 2 is 0.737 bits per heavy atom. The molecule has 0 aromatic heterocycles. The van der Waals surface area contributed by atoms with E-state index in [9.17, 15) is 28.8 Å². The van der Waals surface area contributed by atoms with Gasteiger partial charge < -0.3 is 42.6 Å². The van der Waals surface area contributed by atoms with Crippen LogP contribution >= 0.6 is 0 Å². The molecule has 0 heterocycles. The van der Waals surface area contributed by atoms with Crippen molar-refractivity contribution in [1.29, 1.82) is 0 Å². The van der Waals surface area contributed by atoms with Crippen LogP contribution in [0.25, 0.3) is 0 Å². The molecule has 0 spiro atoms. The van der Waals surface area contributed by atoms with Gasteiger partial charge in [-0.1, -0.05) is 0 Å². The van der Waals surface area contributed by atoms with Gasteiger partial charge >= 0.3 is 36.4 Å². The zero-order valence-corrected chi connectivity index (χ0v) is 31.4.